The average molecular weight is 182 g/mol. The van der Waals surface area contributed by atoms with Gasteiger partial charge in [-0.1, -0.05) is 19.2 Å². The van der Waals surface area contributed by atoms with Gasteiger partial charge in [0.25, 0.3) is 0 Å². The van der Waals surface area contributed by atoms with Crippen molar-refractivity contribution in [3.8, 4) is 0 Å². The Bertz CT molecular complexity index is 263. The lowest BCUT2D eigenvalue weighted by Gasteiger charge is -2.01. The van der Waals surface area contributed by atoms with E-state index in [1.54, 1.807) is 0 Å². The van der Waals surface area contributed by atoms with Crippen molar-refractivity contribution in [2.45, 2.75) is 6.92 Å². The van der Waals surface area contributed by atoms with Crippen molar-refractivity contribution in [3.05, 3.63) is 37.1 Å². The van der Waals surface area contributed by atoms with Gasteiger partial charge in [-0.2, -0.15) is 0 Å². The molecule has 70 valence electrons. The van der Waals surface area contributed by atoms with Crippen LogP contribution in [-0.4, -0.2) is 12.1 Å². The van der Waals surface area contributed by atoms with Crippen molar-refractivity contribution in [2.24, 2.45) is 0 Å². The molecule has 0 aliphatic carbocycles. The van der Waals surface area contributed by atoms with Crippen LogP contribution in [0, 0.1) is 0 Å². The van der Waals surface area contributed by atoms with Gasteiger partial charge in [-0.15, -0.1) is 0 Å². The largest absolute Gasteiger partial charge is 0.521 e. The average Bonchev–Trinajstić information content (AvgIpc) is 2.02. The molecule has 0 spiro atoms. The highest BCUT2D eigenvalue weighted by Crippen LogP contribution is 2.01. The summed E-state index contributed by atoms with van der Waals surface area (Å²) >= 11 is 0. The molecule has 0 aromatic carbocycles. The molecular weight excluding hydrogens is 172 g/mol. The van der Waals surface area contributed by atoms with E-state index in [4.69, 9.17) is 0 Å². The second-order valence-electron chi connectivity index (χ2n) is 1.95. The number of carbonyl (C=O) groups is 2. The van der Waals surface area contributed by atoms with Crippen molar-refractivity contribution in [1.82, 2.24) is 0 Å². The molecule has 13 heavy (non-hydrogen) atoms. The van der Waals surface area contributed by atoms with Crippen LogP contribution >= 0.6 is 0 Å². The van der Waals surface area contributed by atoms with Gasteiger partial charge in [0.05, 0.1) is 0 Å². The molecule has 0 rings (SSSR count). The fraction of sp³-hybridized carbons (Fsp3) is 0.111. The summed E-state index contributed by atoms with van der Waals surface area (Å²) in [5.41, 5.74) is 0. The van der Waals surface area contributed by atoms with Crippen molar-refractivity contribution >= 4 is 12.1 Å². The maximum absolute atomic E-state index is 10.7. The molecule has 0 saturated heterocycles. The topological polar surface area (TPSA) is 52.6 Å². The molecule has 0 amide bonds. The molecule has 4 heteroatoms. The fourth-order valence-corrected chi connectivity index (χ4v) is 0.494. The minimum Gasteiger partial charge on any atom is -0.395 e. The third-order valence-electron chi connectivity index (χ3n) is 0.912. The van der Waals surface area contributed by atoms with E-state index < -0.39 is 12.1 Å². The first-order valence-electron chi connectivity index (χ1n) is 3.45. The summed E-state index contributed by atoms with van der Waals surface area (Å²) in [5.74, 6) is -0.562. The molecule has 4 nitrogen and oxygen atoms in total. The Morgan fingerprint density at radius 1 is 1.23 bits per heavy atom. The van der Waals surface area contributed by atoms with Crippen molar-refractivity contribution < 1.29 is 19.1 Å². The van der Waals surface area contributed by atoms with Gasteiger partial charge in [0.15, 0.2) is 0 Å². The second-order valence-corrected chi connectivity index (χ2v) is 1.95. The third-order valence-corrected chi connectivity index (χ3v) is 0.912. The summed E-state index contributed by atoms with van der Waals surface area (Å²) in [6, 6.07) is 0. The Morgan fingerprint density at radius 3 is 2.23 bits per heavy atom. The van der Waals surface area contributed by atoms with E-state index in [1.165, 1.54) is 18.2 Å². The first-order chi connectivity index (χ1) is 6.10. The highest BCUT2D eigenvalue weighted by Gasteiger charge is 2.07. The molecule has 0 saturated carbocycles. The third kappa shape index (κ3) is 5.43. The van der Waals surface area contributed by atoms with E-state index in [9.17, 15) is 9.59 Å². The predicted octanol–water partition coefficient (Wildman–Crippen LogP) is 1.94. The molecule has 0 aromatic rings. The molecule has 0 unspecified atom stereocenters. The summed E-state index contributed by atoms with van der Waals surface area (Å²) in [5, 5.41) is 0. The van der Waals surface area contributed by atoms with Gasteiger partial charge in [-0.25, -0.2) is 4.79 Å². The lowest BCUT2D eigenvalue weighted by molar-refractivity contribution is -0.136. The van der Waals surface area contributed by atoms with Crippen LogP contribution in [0.2, 0.25) is 0 Å². The molecule has 0 atom stereocenters. The normalized spacial score (nSPS) is 10.1. The standard InChI is InChI=1S/C9H10O4/c1-4-6-8(5-2)13-9(11)12-7(3)10/h4-6H,1-2H2,3H3/b8-6+. The Labute approximate surface area is 76.1 Å². The SMILES string of the molecule is C=C/C=C(\C=C)OC(=O)OC(C)=O. The number of rotatable bonds is 3. The number of hydrogen-bond donors (Lipinski definition) is 0. The minimum absolute atomic E-state index is 0.168. The van der Waals surface area contributed by atoms with E-state index >= 15 is 0 Å². The van der Waals surface area contributed by atoms with Gasteiger partial charge < -0.3 is 9.47 Å². The van der Waals surface area contributed by atoms with Crippen LogP contribution < -0.4 is 0 Å². The van der Waals surface area contributed by atoms with Crippen LogP contribution in [0.3, 0.4) is 0 Å². The molecule has 0 fully saturated rings. The lowest BCUT2D eigenvalue weighted by Crippen LogP contribution is -2.10. The zero-order valence-corrected chi connectivity index (χ0v) is 7.28. The first kappa shape index (κ1) is 11.2. The van der Waals surface area contributed by atoms with Gasteiger partial charge in [-0.05, 0) is 12.2 Å². The van der Waals surface area contributed by atoms with E-state index in [2.05, 4.69) is 22.6 Å². The predicted molar refractivity (Wildman–Crippen MR) is 46.7 cm³/mol. The monoisotopic (exact) mass is 182 g/mol. The smallest absolute Gasteiger partial charge is 0.395 e. The van der Waals surface area contributed by atoms with E-state index in [1.807, 2.05) is 0 Å². The minimum atomic E-state index is -1.08. The van der Waals surface area contributed by atoms with Gasteiger partial charge in [0.1, 0.15) is 5.76 Å². The van der Waals surface area contributed by atoms with E-state index in [0.717, 1.165) is 6.92 Å². The molecule has 0 heterocycles. The Morgan fingerprint density at radius 2 is 1.85 bits per heavy atom. The van der Waals surface area contributed by atoms with Gasteiger partial charge >= 0.3 is 12.1 Å². The fourth-order valence-electron chi connectivity index (χ4n) is 0.494. The van der Waals surface area contributed by atoms with E-state index in [0.29, 0.717) is 0 Å². The number of allylic oxidation sites excluding steroid dienone is 3. The highest BCUT2D eigenvalue weighted by atomic mass is 16.7. The van der Waals surface area contributed by atoms with Crippen LogP contribution in [0.4, 0.5) is 4.79 Å². The van der Waals surface area contributed by atoms with Crippen LogP contribution in [0.1, 0.15) is 6.92 Å². The van der Waals surface area contributed by atoms with Crippen molar-refractivity contribution in [2.75, 3.05) is 0 Å². The molecule has 0 aliphatic heterocycles. The van der Waals surface area contributed by atoms with Gasteiger partial charge in [0.2, 0.25) is 0 Å². The summed E-state index contributed by atoms with van der Waals surface area (Å²) in [4.78, 5) is 21.0. The number of esters is 1. The molecule has 0 radical (unpaired) electrons. The quantitative estimate of drug-likeness (QED) is 0.289. The maximum atomic E-state index is 10.7. The Kier molecular flexibility index (Phi) is 4.95. The van der Waals surface area contributed by atoms with Gasteiger partial charge in [0, 0.05) is 6.92 Å². The summed E-state index contributed by atoms with van der Waals surface area (Å²) in [6.45, 7) is 7.87. The highest BCUT2D eigenvalue weighted by molar-refractivity contribution is 5.80. The lowest BCUT2D eigenvalue weighted by atomic mass is 10.4. The van der Waals surface area contributed by atoms with Crippen LogP contribution in [0.25, 0.3) is 0 Å². The number of carbonyl (C=O) groups excluding carboxylic acids is 2. The van der Waals surface area contributed by atoms with Gasteiger partial charge in [-0.3, -0.25) is 4.79 Å². The van der Waals surface area contributed by atoms with E-state index in [-0.39, 0.29) is 5.76 Å². The summed E-state index contributed by atoms with van der Waals surface area (Å²) in [7, 11) is 0. The zero-order valence-electron chi connectivity index (χ0n) is 7.28. The molecule has 0 aromatic heterocycles. The Hall–Kier alpha value is -1.84. The molecular formula is C9H10O4. The van der Waals surface area contributed by atoms with Crippen molar-refractivity contribution in [3.63, 3.8) is 0 Å². The van der Waals surface area contributed by atoms with Crippen LogP contribution in [0.15, 0.2) is 37.1 Å². The molecule has 0 N–H and O–H groups in total. The summed E-state index contributed by atoms with van der Waals surface area (Å²) in [6.07, 6.45) is 3.04. The van der Waals surface area contributed by atoms with Crippen LogP contribution in [-0.2, 0) is 14.3 Å². The number of hydrogen-bond acceptors (Lipinski definition) is 4. The molecule has 0 bridgehead atoms. The van der Waals surface area contributed by atoms with Crippen molar-refractivity contribution in [1.29, 1.82) is 0 Å². The van der Waals surface area contributed by atoms with Crippen LogP contribution in [0.5, 0.6) is 0 Å². The Balaban J connectivity index is 4.17. The maximum Gasteiger partial charge on any atom is 0.521 e. The summed E-state index contributed by atoms with van der Waals surface area (Å²) < 4.78 is 8.65. The second kappa shape index (κ2) is 5.77. The number of ether oxygens (including phenoxy) is 2. The first-order valence-corrected chi connectivity index (χ1v) is 3.45. The molecule has 0 aliphatic rings. The zero-order chi connectivity index (χ0) is 10.3.